The first-order chi connectivity index (χ1) is 32.7. The van der Waals surface area contributed by atoms with Crippen molar-refractivity contribution in [1.82, 2.24) is 9.97 Å². The smallest absolute Gasteiger partial charge is 0.0788 e. The van der Waals surface area contributed by atoms with Gasteiger partial charge in [-0.2, -0.15) is 0 Å². The summed E-state index contributed by atoms with van der Waals surface area (Å²) >= 11 is 0. The molecule has 0 amide bonds. The van der Waals surface area contributed by atoms with Gasteiger partial charge in [-0.25, -0.2) is 9.97 Å². The van der Waals surface area contributed by atoms with Gasteiger partial charge in [0.2, 0.25) is 0 Å². The van der Waals surface area contributed by atoms with Crippen LogP contribution in [-0.2, 0) is 0 Å². The van der Waals surface area contributed by atoms with Gasteiger partial charge in [-0.05, 0) is 107 Å². The second-order valence-electron chi connectivity index (χ2n) is 17.3. The predicted octanol–water partition coefficient (Wildman–Crippen LogP) is 17.4. The summed E-state index contributed by atoms with van der Waals surface area (Å²) in [5, 5.41) is 12.0. The molecule has 13 rings (SSSR count). The van der Waals surface area contributed by atoms with Crippen LogP contribution in [0.1, 0.15) is 0 Å². The molecule has 0 aliphatic heterocycles. The minimum Gasteiger partial charge on any atom is -0.247 e. The van der Waals surface area contributed by atoms with Crippen molar-refractivity contribution < 1.29 is 0 Å². The molecule has 0 aliphatic carbocycles. The molecule has 0 radical (unpaired) electrons. The van der Waals surface area contributed by atoms with E-state index in [-0.39, 0.29) is 0 Å². The van der Waals surface area contributed by atoms with E-state index in [2.05, 4.69) is 243 Å². The SMILES string of the molecule is c1cc(-c2ccc(-c3ccc4ccc5ccc(-c6cccc7ccccc67)cc5c4n3)cc2)cc(-c2ccc(-c3ccc4ccc5ccc(-c6cccc7ccccc67)cc5c4n3)cc2)c1. The maximum atomic E-state index is 5.30. The first-order valence-corrected chi connectivity index (χ1v) is 22.6. The normalized spacial score (nSPS) is 11.6. The van der Waals surface area contributed by atoms with Crippen LogP contribution in [0.3, 0.4) is 0 Å². The number of benzene rings is 11. The number of pyridine rings is 2. The lowest BCUT2D eigenvalue weighted by Gasteiger charge is -2.11. The average molecular weight is 837 g/mol. The number of fused-ring (bicyclic) bond motifs is 8. The molecule has 2 nitrogen and oxygen atoms in total. The second kappa shape index (κ2) is 15.5. The van der Waals surface area contributed by atoms with Crippen LogP contribution in [0.25, 0.3) is 132 Å². The summed E-state index contributed by atoms with van der Waals surface area (Å²) in [6, 6.07) is 87.7. The Bertz CT molecular complexity index is 3760. The third-order valence-corrected chi connectivity index (χ3v) is 13.4. The standard InChI is InChI=1S/C64H40N2/c1-3-14-55-43(8-1)10-6-16-57(55)53-32-24-45-22-30-49-34-36-61(65-63(49)59(45)39-53)47-26-18-41(19-27-47)51-12-5-13-52(38-51)42-20-28-48(29-21-42)62-37-35-50-31-23-46-25-33-54(40-60(46)64(50)66-62)58-17-7-11-44-9-2-4-15-56(44)58/h1-40H. The molecule has 0 atom stereocenters. The third kappa shape index (κ3) is 6.58. The number of rotatable bonds is 6. The summed E-state index contributed by atoms with van der Waals surface area (Å²) < 4.78 is 0. The van der Waals surface area contributed by atoms with Crippen LogP contribution in [0.5, 0.6) is 0 Å². The highest BCUT2D eigenvalue weighted by Crippen LogP contribution is 2.37. The van der Waals surface area contributed by atoms with Gasteiger partial charge in [0.1, 0.15) is 0 Å². The van der Waals surface area contributed by atoms with Crippen LogP contribution in [0, 0.1) is 0 Å². The van der Waals surface area contributed by atoms with Gasteiger partial charge in [0.05, 0.1) is 22.4 Å². The molecular weight excluding hydrogens is 797 g/mol. The van der Waals surface area contributed by atoms with Gasteiger partial charge >= 0.3 is 0 Å². The third-order valence-electron chi connectivity index (χ3n) is 13.4. The number of hydrogen-bond acceptors (Lipinski definition) is 2. The van der Waals surface area contributed by atoms with Crippen molar-refractivity contribution in [3.63, 3.8) is 0 Å². The number of hydrogen-bond donors (Lipinski definition) is 0. The minimum atomic E-state index is 0.964. The Balaban J connectivity index is 0.781. The second-order valence-corrected chi connectivity index (χ2v) is 17.3. The summed E-state index contributed by atoms with van der Waals surface area (Å²) in [5.74, 6) is 0. The molecule has 0 N–H and O–H groups in total. The van der Waals surface area contributed by atoms with Crippen LogP contribution in [-0.4, -0.2) is 9.97 Å². The maximum absolute atomic E-state index is 5.30. The molecule has 0 saturated heterocycles. The van der Waals surface area contributed by atoms with Crippen LogP contribution in [0.4, 0.5) is 0 Å². The molecule has 2 heterocycles. The van der Waals surface area contributed by atoms with Gasteiger partial charge in [-0.15, -0.1) is 0 Å². The zero-order chi connectivity index (χ0) is 43.6. The highest BCUT2D eigenvalue weighted by molar-refractivity contribution is 6.10. The highest BCUT2D eigenvalue weighted by atomic mass is 14.7. The fourth-order valence-corrected chi connectivity index (χ4v) is 9.97. The minimum absolute atomic E-state index is 0.964. The fourth-order valence-electron chi connectivity index (χ4n) is 9.97. The van der Waals surface area contributed by atoms with E-state index < -0.39 is 0 Å². The molecule has 0 aliphatic rings. The van der Waals surface area contributed by atoms with E-state index in [1.54, 1.807) is 0 Å². The Morgan fingerprint density at radius 1 is 0.197 bits per heavy atom. The Morgan fingerprint density at radius 3 is 1.03 bits per heavy atom. The molecule has 2 aromatic heterocycles. The molecule has 13 aromatic rings. The summed E-state index contributed by atoms with van der Waals surface area (Å²) in [4.78, 5) is 10.6. The van der Waals surface area contributed by atoms with Gasteiger partial charge in [0.15, 0.2) is 0 Å². The lowest BCUT2D eigenvalue weighted by atomic mass is 9.95. The first-order valence-electron chi connectivity index (χ1n) is 22.6. The Labute approximate surface area is 382 Å². The van der Waals surface area contributed by atoms with Gasteiger partial charge < -0.3 is 0 Å². The molecular formula is C64H40N2. The van der Waals surface area contributed by atoms with Crippen molar-refractivity contribution in [3.8, 4) is 67.0 Å². The van der Waals surface area contributed by atoms with Crippen molar-refractivity contribution in [2.24, 2.45) is 0 Å². The Morgan fingerprint density at radius 2 is 0.545 bits per heavy atom. The van der Waals surface area contributed by atoms with E-state index in [4.69, 9.17) is 9.97 Å². The summed E-state index contributed by atoms with van der Waals surface area (Å²) in [6.07, 6.45) is 0. The largest absolute Gasteiger partial charge is 0.247 e. The van der Waals surface area contributed by atoms with Crippen LogP contribution in [0.2, 0.25) is 0 Å². The summed E-state index contributed by atoms with van der Waals surface area (Å²) in [5.41, 5.74) is 15.7. The van der Waals surface area contributed by atoms with Crippen molar-refractivity contribution in [2.75, 3.05) is 0 Å². The average Bonchev–Trinajstić information content (AvgIpc) is 3.40. The van der Waals surface area contributed by atoms with E-state index in [9.17, 15) is 0 Å². The van der Waals surface area contributed by atoms with Gasteiger partial charge in [0.25, 0.3) is 0 Å². The molecule has 306 valence electrons. The van der Waals surface area contributed by atoms with Crippen LogP contribution < -0.4 is 0 Å². The van der Waals surface area contributed by atoms with E-state index in [0.29, 0.717) is 0 Å². The zero-order valence-corrected chi connectivity index (χ0v) is 36.0. The van der Waals surface area contributed by atoms with Gasteiger partial charge in [-0.3, -0.25) is 0 Å². The van der Waals surface area contributed by atoms with Crippen LogP contribution >= 0.6 is 0 Å². The van der Waals surface area contributed by atoms with E-state index in [1.807, 2.05) is 0 Å². The molecule has 2 heteroatoms. The van der Waals surface area contributed by atoms with E-state index in [0.717, 1.165) is 55.1 Å². The first kappa shape index (κ1) is 37.8. The lowest BCUT2D eigenvalue weighted by molar-refractivity contribution is 1.41. The maximum Gasteiger partial charge on any atom is 0.0788 e. The molecule has 0 bridgehead atoms. The highest BCUT2D eigenvalue weighted by Gasteiger charge is 2.13. The molecule has 0 fully saturated rings. The molecule has 0 spiro atoms. The lowest BCUT2D eigenvalue weighted by Crippen LogP contribution is -1.89. The van der Waals surface area contributed by atoms with Crippen molar-refractivity contribution in [2.45, 2.75) is 0 Å². The Hall–Kier alpha value is -8.72. The quantitative estimate of drug-likeness (QED) is 0.156. The molecule has 0 unspecified atom stereocenters. The van der Waals surface area contributed by atoms with Gasteiger partial charge in [-0.1, -0.05) is 212 Å². The number of aromatic nitrogens is 2. The molecule has 66 heavy (non-hydrogen) atoms. The summed E-state index contributed by atoms with van der Waals surface area (Å²) in [7, 11) is 0. The zero-order valence-electron chi connectivity index (χ0n) is 36.0. The van der Waals surface area contributed by atoms with E-state index >= 15 is 0 Å². The number of nitrogens with zero attached hydrogens (tertiary/aromatic N) is 2. The monoisotopic (exact) mass is 836 g/mol. The molecule has 0 saturated carbocycles. The fraction of sp³-hybridized carbons (Fsp3) is 0. The van der Waals surface area contributed by atoms with Gasteiger partial charge in [0, 0.05) is 32.7 Å². The van der Waals surface area contributed by atoms with Crippen molar-refractivity contribution in [1.29, 1.82) is 0 Å². The van der Waals surface area contributed by atoms with Crippen molar-refractivity contribution in [3.05, 3.63) is 243 Å². The Kier molecular flexibility index (Phi) is 8.89. The van der Waals surface area contributed by atoms with Crippen LogP contribution in [0.15, 0.2) is 243 Å². The van der Waals surface area contributed by atoms with Crippen molar-refractivity contribution >= 4 is 64.9 Å². The molecule has 11 aromatic carbocycles. The van der Waals surface area contributed by atoms with E-state index in [1.165, 1.54) is 76.8 Å². The predicted molar refractivity (Wildman–Crippen MR) is 280 cm³/mol. The summed E-state index contributed by atoms with van der Waals surface area (Å²) in [6.45, 7) is 0. The topological polar surface area (TPSA) is 25.8 Å².